The average molecular weight is 226 g/mol. The molecule has 0 saturated carbocycles. The second-order valence-electron chi connectivity index (χ2n) is 5.52. The van der Waals surface area contributed by atoms with Crippen LogP contribution >= 0.6 is 11.8 Å². The highest BCUT2D eigenvalue weighted by molar-refractivity contribution is 8.00. The fourth-order valence-corrected chi connectivity index (χ4v) is 4.53. The van der Waals surface area contributed by atoms with E-state index in [2.05, 4.69) is 25.6 Å². The zero-order valence-electron chi connectivity index (χ0n) is 9.87. The van der Waals surface area contributed by atoms with Crippen LogP contribution in [0.1, 0.15) is 52.4 Å². The lowest BCUT2D eigenvalue weighted by Gasteiger charge is -2.26. The van der Waals surface area contributed by atoms with E-state index in [0.717, 1.165) is 23.3 Å². The minimum Gasteiger partial charge on any atom is -0.299 e. The van der Waals surface area contributed by atoms with E-state index < -0.39 is 0 Å². The van der Waals surface area contributed by atoms with Gasteiger partial charge in [-0.25, -0.2) is 0 Å². The fraction of sp³-hybridized carbons (Fsp3) is 0.923. The highest BCUT2D eigenvalue weighted by Gasteiger charge is 2.37. The van der Waals surface area contributed by atoms with Gasteiger partial charge in [-0.05, 0) is 38.0 Å². The van der Waals surface area contributed by atoms with Crippen molar-refractivity contribution in [1.29, 1.82) is 0 Å². The van der Waals surface area contributed by atoms with Crippen LogP contribution in [0, 0.1) is 11.8 Å². The summed E-state index contributed by atoms with van der Waals surface area (Å²) in [6.45, 7) is 4.40. The number of thioether (sulfide) groups is 1. The van der Waals surface area contributed by atoms with Crippen LogP contribution in [0.2, 0.25) is 0 Å². The molecule has 0 aliphatic carbocycles. The molecule has 0 amide bonds. The number of rotatable bonds is 4. The van der Waals surface area contributed by atoms with Crippen molar-refractivity contribution in [1.82, 2.24) is 0 Å². The van der Waals surface area contributed by atoms with Crippen molar-refractivity contribution >= 4 is 17.5 Å². The number of carbonyl (C=O) groups is 1. The van der Waals surface area contributed by atoms with E-state index in [1.54, 1.807) is 0 Å². The quantitative estimate of drug-likeness (QED) is 0.727. The Labute approximate surface area is 97.4 Å². The normalized spacial score (nSPS) is 34.7. The van der Waals surface area contributed by atoms with E-state index in [1.807, 2.05) is 0 Å². The molecule has 1 nitrogen and oxygen atoms in total. The van der Waals surface area contributed by atoms with Gasteiger partial charge in [0.1, 0.15) is 5.78 Å². The Hall–Kier alpha value is 0.0200. The second-order valence-corrected chi connectivity index (χ2v) is 7.13. The number of ketones is 1. The third kappa shape index (κ3) is 2.99. The molecule has 86 valence electrons. The maximum Gasteiger partial charge on any atom is 0.136 e. The maximum atomic E-state index is 12.0. The first-order chi connectivity index (χ1) is 7.15. The Balaban J connectivity index is 1.81. The summed E-state index contributed by atoms with van der Waals surface area (Å²) in [5.41, 5.74) is 0. The van der Waals surface area contributed by atoms with Crippen LogP contribution in [0.25, 0.3) is 0 Å². The number of Topliss-reactive ketones (excluding diaryl/α,β-unsaturated/α-hetero) is 1. The summed E-state index contributed by atoms with van der Waals surface area (Å²) in [5, 5.41) is 1.63. The molecule has 2 saturated heterocycles. The molecule has 0 spiro atoms. The van der Waals surface area contributed by atoms with E-state index >= 15 is 0 Å². The van der Waals surface area contributed by atoms with Gasteiger partial charge in [0.2, 0.25) is 0 Å². The highest BCUT2D eigenvalue weighted by atomic mass is 32.2. The number of hydrogen-bond acceptors (Lipinski definition) is 2. The Morgan fingerprint density at radius 2 is 1.87 bits per heavy atom. The van der Waals surface area contributed by atoms with E-state index in [-0.39, 0.29) is 0 Å². The average Bonchev–Trinajstić information content (AvgIpc) is 2.54. The summed E-state index contributed by atoms with van der Waals surface area (Å²) in [7, 11) is 0. The van der Waals surface area contributed by atoms with E-state index in [1.165, 1.54) is 25.7 Å². The number of carbonyl (C=O) groups excluding carboxylic acids is 1. The first-order valence-corrected chi connectivity index (χ1v) is 7.27. The molecule has 2 unspecified atom stereocenters. The first-order valence-electron chi connectivity index (χ1n) is 6.33. The lowest BCUT2D eigenvalue weighted by molar-refractivity contribution is -0.123. The molecule has 0 radical (unpaired) electrons. The summed E-state index contributed by atoms with van der Waals surface area (Å²) in [4.78, 5) is 12.0. The smallest absolute Gasteiger partial charge is 0.136 e. The largest absolute Gasteiger partial charge is 0.299 e. The summed E-state index contributed by atoms with van der Waals surface area (Å²) in [6.07, 6.45) is 6.99. The molecule has 2 rings (SSSR count). The van der Waals surface area contributed by atoms with Gasteiger partial charge in [-0.3, -0.25) is 4.79 Å². The monoisotopic (exact) mass is 226 g/mol. The summed E-state index contributed by atoms with van der Waals surface area (Å²) < 4.78 is 0. The minimum absolute atomic E-state index is 0.419. The van der Waals surface area contributed by atoms with E-state index in [0.29, 0.717) is 17.6 Å². The molecular weight excluding hydrogens is 204 g/mol. The van der Waals surface area contributed by atoms with Crippen molar-refractivity contribution in [2.24, 2.45) is 11.8 Å². The van der Waals surface area contributed by atoms with Crippen molar-refractivity contribution in [2.75, 3.05) is 0 Å². The Bertz CT molecular complexity index is 225. The summed E-state index contributed by atoms with van der Waals surface area (Å²) >= 11 is 2.15. The van der Waals surface area contributed by atoms with Crippen LogP contribution in [0.15, 0.2) is 0 Å². The molecule has 0 aromatic heterocycles. The van der Waals surface area contributed by atoms with Gasteiger partial charge in [0.05, 0.1) is 0 Å². The second kappa shape index (κ2) is 4.90. The van der Waals surface area contributed by atoms with Crippen LogP contribution in [0.3, 0.4) is 0 Å². The molecule has 2 heterocycles. The SMILES string of the molecule is CC(C)CCC(=O)C1CC2CCC(C1)S2. The summed E-state index contributed by atoms with van der Waals surface area (Å²) in [6, 6.07) is 0. The molecule has 2 heteroatoms. The number of hydrogen-bond donors (Lipinski definition) is 0. The minimum atomic E-state index is 0.419. The first kappa shape index (κ1) is 11.5. The zero-order chi connectivity index (χ0) is 10.8. The Kier molecular flexibility index (Phi) is 3.76. The zero-order valence-corrected chi connectivity index (χ0v) is 10.7. The Morgan fingerprint density at radius 1 is 1.27 bits per heavy atom. The van der Waals surface area contributed by atoms with Gasteiger partial charge in [0, 0.05) is 22.8 Å². The predicted octanol–water partition coefficient (Wildman–Crippen LogP) is 3.67. The third-order valence-electron chi connectivity index (χ3n) is 3.71. The standard InChI is InChI=1S/C13H22OS/c1-9(2)3-6-13(14)10-7-11-4-5-12(8-10)15-11/h9-12H,3-8H2,1-2H3. The van der Waals surface area contributed by atoms with Gasteiger partial charge in [-0.1, -0.05) is 13.8 Å². The molecule has 2 bridgehead atoms. The van der Waals surface area contributed by atoms with Crippen LogP contribution < -0.4 is 0 Å². The van der Waals surface area contributed by atoms with E-state index in [9.17, 15) is 4.79 Å². The maximum absolute atomic E-state index is 12.0. The van der Waals surface area contributed by atoms with Gasteiger partial charge in [0.25, 0.3) is 0 Å². The van der Waals surface area contributed by atoms with Crippen molar-refractivity contribution in [3.05, 3.63) is 0 Å². The van der Waals surface area contributed by atoms with Crippen molar-refractivity contribution in [2.45, 2.75) is 62.9 Å². The van der Waals surface area contributed by atoms with Crippen molar-refractivity contribution in [3.8, 4) is 0 Å². The van der Waals surface area contributed by atoms with Gasteiger partial charge in [-0.2, -0.15) is 11.8 Å². The lowest BCUT2D eigenvalue weighted by Crippen LogP contribution is -2.24. The van der Waals surface area contributed by atoms with Gasteiger partial charge < -0.3 is 0 Å². The predicted molar refractivity (Wildman–Crippen MR) is 66.2 cm³/mol. The topological polar surface area (TPSA) is 17.1 Å². The molecule has 2 aliphatic heterocycles. The van der Waals surface area contributed by atoms with Gasteiger partial charge >= 0.3 is 0 Å². The molecule has 0 aromatic carbocycles. The van der Waals surface area contributed by atoms with Gasteiger partial charge in [0.15, 0.2) is 0 Å². The van der Waals surface area contributed by atoms with Crippen LogP contribution in [0.4, 0.5) is 0 Å². The van der Waals surface area contributed by atoms with E-state index in [4.69, 9.17) is 0 Å². The molecule has 0 N–H and O–H groups in total. The molecular formula is C13H22OS. The molecule has 2 atom stereocenters. The molecule has 15 heavy (non-hydrogen) atoms. The van der Waals surface area contributed by atoms with Crippen LogP contribution in [0.5, 0.6) is 0 Å². The summed E-state index contributed by atoms with van der Waals surface area (Å²) in [5.74, 6) is 1.65. The van der Waals surface area contributed by atoms with Crippen LogP contribution in [-0.4, -0.2) is 16.3 Å². The molecule has 0 aromatic rings. The third-order valence-corrected chi connectivity index (χ3v) is 5.34. The number of fused-ring (bicyclic) bond motifs is 2. The molecule has 2 aliphatic rings. The molecule has 2 fully saturated rings. The lowest BCUT2D eigenvalue weighted by atomic mass is 9.90. The van der Waals surface area contributed by atoms with Gasteiger partial charge in [-0.15, -0.1) is 0 Å². The van der Waals surface area contributed by atoms with Crippen molar-refractivity contribution in [3.63, 3.8) is 0 Å². The van der Waals surface area contributed by atoms with Crippen molar-refractivity contribution < 1.29 is 4.79 Å². The highest BCUT2D eigenvalue weighted by Crippen LogP contribution is 2.46. The Morgan fingerprint density at radius 3 is 2.40 bits per heavy atom. The van der Waals surface area contributed by atoms with Crippen LogP contribution in [-0.2, 0) is 4.79 Å². The fourth-order valence-electron chi connectivity index (χ4n) is 2.76.